The van der Waals surface area contributed by atoms with Gasteiger partial charge in [-0.15, -0.1) is 0 Å². The third kappa shape index (κ3) is 3.53. The maximum absolute atomic E-state index is 12.9. The number of halogens is 1. The summed E-state index contributed by atoms with van der Waals surface area (Å²) < 4.78 is 3.21. The molecule has 3 rings (SSSR count). The van der Waals surface area contributed by atoms with Gasteiger partial charge in [-0.25, -0.2) is 0 Å². The average Bonchev–Trinajstić information content (AvgIpc) is 3.26. The Kier molecular flexibility index (Phi) is 4.72. The molecule has 1 amide bonds. The van der Waals surface area contributed by atoms with E-state index in [0.29, 0.717) is 6.04 Å². The van der Waals surface area contributed by atoms with Crippen LogP contribution in [0.4, 0.5) is 0 Å². The number of amides is 1. The van der Waals surface area contributed by atoms with E-state index >= 15 is 0 Å². The normalized spacial score (nSPS) is 23.1. The fourth-order valence-corrected chi connectivity index (χ4v) is 3.94. The van der Waals surface area contributed by atoms with Crippen LogP contribution >= 0.6 is 15.9 Å². The summed E-state index contributed by atoms with van der Waals surface area (Å²) in [6.45, 7) is 4.11. The highest BCUT2D eigenvalue weighted by molar-refractivity contribution is 9.10. The highest BCUT2D eigenvalue weighted by Crippen LogP contribution is 2.38. The minimum Gasteiger partial charge on any atom is -0.339 e. The summed E-state index contributed by atoms with van der Waals surface area (Å²) in [5.74, 6) is 1.04. The van der Waals surface area contributed by atoms with Gasteiger partial charge in [-0.1, -0.05) is 19.8 Å². The van der Waals surface area contributed by atoms with Crippen molar-refractivity contribution in [2.45, 2.75) is 57.9 Å². The molecule has 0 aromatic carbocycles. The highest BCUT2D eigenvalue weighted by Gasteiger charge is 2.30. The Bertz CT molecular complexity index is 507. The molecular weight excluding hydrogens is 328 g/mol. The first kappa shape index (κ1) is 15.1. The largest absolute Gasteiger partial charge is 0.339 e. The third-order valence-electron chi connectivity index (χ3n) is 4.81. The topological polar surface area (TPSA) is 25.2 Å². The van der Waals surface area contributed by atoms with Crippen LogP contribution in [0.25, 0.3) is 0 Å². The van der Waals surface area contributed by atoms with Crippen LogP contribution in [0.5, 0.6) is 0 Å². The molecular formula is C17H25BrN2O. The zero-order chi connectivity index (χ0) is 14.8. The molecule has 2 heterocycles. The number of carbonyl (C=O) groups is 1. The fraction of sp³-hybridized carbons (Fsp3) is 0.706. The molecule has 2 aliphatic rings. The predicted molar refractivity (Wildman–Crippen MR) is 88.6 cm³/mol. The van der Waals surface area contributed by atoms with Crippen LogP contribution in [0.3, 0.4) is 0 Å². The zero-order valence-corrected chi connectivity index (χ0v) is 14.4. The number of aromatic nitrogens is 1. The summed E-state index contributed by atoms with van der Waals surface area (Å²) in [6.07, 6.45) is 10.7. The molecule has 116 valence electrons. The number of hydrogen-bond acceptors (Lipinski definition) is 1. The predicted octanol–water partition coefficient (Wildman–Crippen LogP) is 4.63. The van der Waals surface area contributed by atoms with Gasteiger partial charge in [0.05, 0.1) is 0 Å². The van der Waals surface area contributed by atoms with E-state index in [2.05, 4.69) is 38.5 Å². The summed E-state index contributed by atoms with van der Waals surface area (Å²) in [5, 5.41) is 0. The van der Waals surface area contributed by atoms with Gasteiger partial charge in [0.25, 0.3) is 5.91 Å². The lowest BCUT2D eigenvalue weighted by atomic mass is 9.96. The number of rotatable bonds is 4. The van der Waals surface area contributed by atoms with Crippen LogP contribution in [-0.4, -0.2) is 28.5 Å². The summed E-state index contributed by atoms with van der Waals surface area (Å²) in [5.41, 5.74) is 0.873. The Hall–Kier alpha value is -0.770. The van der Waals surface area contributed by atoms with Gasteiger partial charge >= 0.3 is 0 Å². The molecule has 21 heavy (non-hydrogen) atoms. The minimum absolute atomic E-state index is 0.227. The van der Waals surface area contributed by atoms with Crippen LogP contribution in [0, 0.1) is 5.92 Å². The Morgan fingerprint density at radius 2 is 2.10 bits per heavy atom. The van der Waals surface area contributed by atoms with Crippen LogP contribution in [0.1, 0.15) is 68.4 Å². The monoisotopic (exact) mass is 352 g/mol. The van der Waals surface area contributed by atoms with Crippen molar-refractivity contribution in [1.29, 1.82) is 0 Å². The van der Waals surface area contributed by atoms with E-state index in [9.17, 15) is 4.79 Å². The molecule has 1 aromatic heterocycles. The first-order valence-electron chi connectivity index (χ1n) is 8.35. The van der Waals surface area contributed by atoms with Crippen molar-refractivity contribution in [3.8, 4) is 0 Å². The molecule has 1 atom stereocenters. The molecule has 0 spiro atoms. The van der Waals surface area contributed by atoms with Crippen molar-refractivity contribution in [3.05, 3.63) is 22.4 Å². The number of hydrogen-bond donors (Lipinski definition) is 0. The molecule has 0 bridgehead atoms. The number of likely N-dealkylation sites (tertiary alicyclic amines) is 1. The van der Waals surface area contributed by atoms with Crippen LogP contribution < -0.4 is 0 Å². The van der Waals surface area contributed by atoms with Gasteiger partial charge < -0.3 is 9.47 Å². The van der Waals surface area contributed by atoms with Crippen molar-refractivity contribution >= 4 is 21.8 Å². The van der Waals surface area contributed by atoms with E-state index in [-0.39, 0.29) is 5.91 Å². The molecule has 1 aliphatic heterocycles. The molecule has 0 radical (unpaired) electrons. The van der Waals surface area contributed by atoms with Crippen LogP contribution in [-0.2, 0) is 0 Å². The van der Waals surface area contributed by atoms with E-state index in [4.69, 9.17) is 0 Å². The zero-order valence-electron chi connectivity index (χ0n) is 12.9. The van der Waals surface area contributed by atoms with Gasteiger partial charge in [-0.2, -0.15) is 0 Å². The summed E-state index contributed by atoms with van der Waals surface area (Å²) in [6, 6.07) is 2.55. The van der Waals surface area contributed by atoms with E-state index in [1.165, 1.54) is 38.5 Å². The molecule has 0 N–H and O–H groups in total. The first-order chi connectivity index (χ1) is 10.2. The molecule has 3 nitrogen and oxygen atoms in total. The molecule has 1 aromatic rings. The molecule has 1 aliphatic carbocycles. The first-order valence-corrected chi connectivity index (χ1v) is 9.15. The second-order valence-electron chi connectivity index (χ2n) is 6.56. The second kappa shape index (κ2) is 6.55. The van der Waals surface area contributed by atoms with E-state index in [0.717, 1.165) is 35.6 Å². The molecule has 1 saturated carbocycles. The lowest BCUT2D eigenvalue weighted by molar-refractivity contribution is 0.0748. The van der Waals surface area contributed by atoms with E-state index in [1.54, 1.807) is 0 Å². The molecule has 2 fully saturated rings. The molecule has 1 unspecified atom stereocenters. The SMILES string of the molecule is CCCC1CCCN(C(=O)c2cc(Br)cn2C2CC2)CC1. The Balaban J connectivity index is 1.70. The number of carbonyl (C=O) groups excluding carboxylic acids is 1. The van der Waals surface area contributed by atoms with Crippen LogP contribution in [0.2, 0.25) is 0 Å². The van der Waals surface area contributed by atoms with E-state index < -0.39 is 0 Å². The summed E-state index contributed by atoms with van der Waals surface area (Å²) in [7, 11) is 0. The van der Waals surface area contributed by atoms with Crippen molar-refractivity contribution in [2.75, 3.05) is 13.1 Å². The highest BCUT2D eigenvalue weighted by atomic mass is 79.9. The summed E-state index contributed by atoms with van der Waals surface area (Å²) in [4.78, 5) is 14.9. The van der Waals surface area contributed by atoms with Gasteiger partial charge in [-0.05, 0) is 60.0 Å². The van der Waals surface area contributed by atoms with Gasteiger partial charge in [0.15, 0.2) is 0 Å². The third-order valence-corrected chi connectivity index (χ3v) is 5.24. The lowest BCUT2D eigenvalue weighted by Gasteiger charge is -2.21. The quantitative estimate of drug-likeness (QED) is 0.775. The van der Waals surface area contributed by atoms with Gasteiger partial charge in [0, 0.05) is 29.8 Å². The fourth-order valence-electron chi connectivity index (χ4n) is 3.50. The van der Waals surface area contributed by atoms with Crippen molar-refractivity contribution in [1.82, 2.24) is 9.47 Å². The number of nitrogens with zero attached hydrogens (tertiary/aromatic N) is 2. The Labute approximate surface area is 135 Å². The Morgan fingerprint density at radius 1 is 1.29 bits per heavy atom. The average molecular weight is 353 g/mol. The van der Waals surface area contributed by atoms with Crippen molar-refractivity contribution < 1.29 is 4.79 Å². The second-order valence-corrected chi connectivity index (χ2v) is 7.48. The molecule has 4 heteroatoms. The van der Waals surface area contributed by atoms with Gasteiger partial charge in [-0.3, -0.25) is 4.79 Å². The maximum Gasteiger partial charge on any atom is 0.270 e. The van der Waals surface area contributed by atoms with Gasteiger partial charge in [0.2, 0.25) is 0 Å². The standard InChI is InChI=1S/C17H25BrN2O/c1-2-4-13-5-3-9-19(10-8-13)17(21)16-11-14(18)12-20(16)15-6-7-15/h11-13,15H,2-10H2,1H3. The lowest BCUT2D eigenvalue weighted by Crippen LogP contribution is -2.33. The van der Waals surface area contributed by atoms with E-state index in [1.807, 2.05) is 6.07 Å². The van der Waals surface area contributed by atoms with Gasteiger partial charge in [0.1, 0.15) is 5.69 Å². The molecule has 1 saturated heterocycles. The smallest absolute Gasteiger partial charge is 0.270 e. The van der Waals surface area contributed by atoms with Crippen molar-refractivity contribution in [2.24, 2.45) is 5.92 Å². The minimum atomic E-state index is 0.227. The summed E-state index contributed by atoms with van der Waals surface area (Å²) >= 11 is 3.53. The maximum atomic E-state index is 12.9. The Morgan fingerprint density at radius 3 is 2.81 bits per heavy atom. The van der Waals surface area contributed by atoms with Crippen LogP contribution in [0.15, 0.2) is 16.7 Å². The van der Waals surface area contributed by atoms with Crippen molar-refractivity contribution in [3.63, 3.8) is 0 Å².